The number of sulfonamides is 1. The van der Waals surface area contributed by atoms with E-state index in [4.69, 9.17) is 9.47 Å². The number of ether oxygens (including phenoxy) is 2. The number of hydrogen-bond donors (Lipinski definition) is 1. The molecule has 2 amide bonds. The number of rotatable bonds is 13. The van der Waals surface area contributed by atoms with Crippen LogP contribution in [0.3, 0.4) is 0 Å². The Labute approximate surface area is 220 Å². The summed E-state index contributed by atoms with van der Waals surface area (Å²) in [6, 6.07) is 11.5. The highest BCUT2D eigenvalue weighted by molar-refractivity contribution is 7.92. The zero-order valence-electron chi connectivity index (χ0n) is 22.8. The van der Waals surface area contributed by atoms with Crippen molar-refractivity contribution in [2.45, 2.75) is 59.2 Å². The number of carbonyl (C=O) groups excluding carboxylic acids is 2. The number of carbonyl (C=O) groups is 2. The molecular weight excluding hydrogens is 494 g/mol. The number of anilines is 1. The van der Waals surface area contributed by atoms with E-state index in [-0.39, 0.29) is 24.2 Å². The van der Waals surface area contributed by atoms with Crippen LogP contribution in [-0.4, -0.2) is 64.2 Å². The number of hydrogen-bond acceptors (Lipinski definition) is 6. The molecule has 10 heteroatoms. The molecule has 0 spiro atoms. The molecule has 0 aromatic heterocycles. The molecule has 0 aliphatic carbocycles. The van der Waals surface area contributed by atoms with Crippen molar-refractivity contribution in [3.63, 3.8) is 0 Å². The largest absolute Gasteiger partial charge is 0.497 e. The minimum absolute atomic E-state index is 0.0661. The van der Waals surface area contributed by atoms with Gasteiger partial charge in [-0.1, -0.05) is 32.0 Å². The monoisotopic (exact) mass is 533 g/mol. The van der Waals surface area contributed by atoms with Crippen LogP contribution in [0.2, 0.25) is 0 Å². The van der Waals surface area contributed by atoms with Crippen LogP contribution < -0.4 is 19.1 Å². The van der Waals surface area contributed by atoms with Gasteiger partial charge >= 0.3 is 0 Å². The van der Waals surface area contributed by atoms with E-state index < -0.39 is 28.5 Å². The first-order valence-electron chi connectivity index (χ1n) is 12.3. The average Bonchev–Trinajstić information content (AvgIpc) is 2.86. The fraction of sp³-hybridized carbons (Fsp3) is 0.481. The summed E-state index contributed by atoms with van der Waals surface area (Å²) < 4.78 is 37.4. The van der Waals surface area contributed by atoms with Crippen LogP contribution >= 0.6 is 0 Å². The number of nitrogens with zero attached hydrogens (tertiary/aromatic N) is 2. The van der Waals surface area contributed by atoms with Crippen molar-refractivity contribution in [2.24, 2.45) is 0 Å². The van der Waals surface area contributed by atoms with E-state index in [2.05, 4.69) is 5.32 Å². The van der Waals surface area contributed by atoms with E-state index >= 15 is 0 Å². The molecule has 0 bridgehead atoms. The molecule has 0 saturated carbocycles. The molecule has 2 aromatic rings. The Morgan fingerprint density at radius 3 is 2.16 bits per heavy atom. The molecule has 0 saturated heterocycles. The summed E-state index contributed by atoms with van der Waals surface area (Å²) in [5, 5.41) is 2.96. The molecule has 0 unspecified atom stereocenters. The molecule has 0 aliphatic rings. The topological polar surface area (TPSA) is 105 Å². The van der Waals surface area contributed by atoms with Gasteiger partial charge in [0, 0.05) is 12.6 Å². The molecule has 2 rings (SSSR count). The fourth-order valence-electron chi connectivity index (χ4n) is 3.88. The summed E-state index contributed by atoms with van der Waals surface area (Å²) in [5.74, 6) is 0.207. The maximum Gasteiger partial charge on any atom is 0.244 e. The Kier molecular flexibility index (Phi) is 10.8. The van der Waals surface area contributed by atoms with Crippen molar-refractivity contribution in [1.82, 2.24) is 10.2 Å². The van der Waals surface area contributed by atoms with Crippen LogP contribution in [-0.2, 0) is 26.2 Å². The van der Waals surface area contributed by atoms with Crippen molar-refractivity contribution >= 4 is 27.5 Å². The van der Waals surface area contributed by atoms with Gasteiger partial charge in [0.1, 0.15) is 24.1 Å². The summed E-state index contributed by atoms with van der Waals surface area (Å²) in [5.41, 5.74) is 1.86. The quantitative estimate of drug-likeness (QED) is 0.423. The lowest BCUT2D eigenvalue weighted by Gasteiger charge is -2.33. The number of nitrogens with one attached hydrogen (secondary N) is 1. The first-order chi connectivity index (χ1) is 17.4. The summed E-state index contributed by atoms with van der Waals surface area (Å²) in [7, 11) is -0.855. The molecule has 0 fully saturated rings. The molecule has 37 heavy (non-hydrogen) atoms. The maximum absolute atomic E-state index is 13.8. The maximum atomic E-state index is 13.8. The second-order valence-electron chi connectivity index (χ2n) is 9.06. The van der Waals surface area contributed by atoms with Crippen LogP contribution in [0.5, 0.6) is 11.5 Å². The van der Waals surface area contributed by atoms with Crippen molar-refractivity contribution in [3.8, 4) is 11.5 Å². The molecule has 2 atom stereocenters. The first kappa shape index (κ1) is 30.0. The number of benzene rings is 2. The second-order valence-corrected chi connectivity index (χ2v) is 11.0. The Balaban J connectivity index is 2.50. The van der Waals surface area contributed by atoms with E-state index in [0.717, 1.165) is 28.1 Å². The van der Waals surface area contributed by atoms with Gasteiger partial charge in [-0.3, -0.25) is 13.9 Å². The summed E-state index contributed by atoms with van der Waals surface area (Å²) in [6.07, 6.45) is 2.14. The van der Waals surface area contributed by atoms with Gasteiger partial charge < -0.3 is 19.7 Å². The highest BCUT2D eigenvalue weighted by Gasteiger charge is 2.33. The number of aryl methyl sites for hydroxylation is 1. The van der Waals surface area contributed by atoms with Crippen LogP contribution in [0.25, 0.3) is 0 Å². The number of amides is 2. The summed E-state index contributed by atoms with van der Waals surface area (Å²) in [4.78, 5) is 28.5. The first-order valence-corrected chi connectivity index (χ1v) is 14.1. The molecule has 0 aliphatic heterocycles. The van der Waals surface area contributed by atoms with E-state index in [1.807, 2.05) is 39.8 Å². The Morgan fingerprint density at radius 1 is 1.00 bits per heavy atom. The van der Waals surface area contributed by atoms with Gasteiger partial charge in [-0.2, -0.15) is 0 Å². The minimum atomic E-state index is -3.86. The highest BCUT2D eigenvalue weighted by Crippen LogP contribution is 2.31. The van der Waals surface area contributed by atoms with Gasteiger partial charge in [0.15, 0.2) is 0 Å². The standard InChI is InChI=1S/C27H39N3O6S/c1-8-20(4)28-27(32)23(9-2)29(17-21-11-13-22(35-5)14-12-21)26(31)18-30(37(7,33)34)24-16-19(3)10-15-25(24)36-6/h10-16,20,23H,8-9,17-18H2,1-7H3,(H,28,32)/t20-,23-/m1/s1. The predicted octanol–water partition coefficient (Wildman–Crippen LogP) is 3.50. The summed E-state index contributed by atoms with van der Waals surface area (Å²) in [6.45, 7) is 7.15. The molecule has 204 valence electrons. The van der Waals surface area contributed by atoms with E-state index in [1.165, 1.54) is 12.0 Å². The van der Waals surface area contributed by atoms with Gasteiger partial charge in [-0.05, 0) is 62.1 Å². The van der Waals surface area contributed by atoms with Crippen LogP contribution in [0.15, 0.2) is 42.5 Å². The van der Waals surface area contributed by atoms with Crippen molar-refractivity contribution < 1.29 is 27.5 Å². The minimum Gasteiger partial charge on any atom is -0.497 e. The van der Waals surface area contributed by atoms with Gasteiger partial charge in [0.25, 0.3) is 0 Å². The van der Waals surface area contributed by atoms with Gasteiger partial charge in [-0.25, -0.2) is 8.42 Å². The summed E-state index contributed by atoms with van der Waals surface area (Å²) >= 11 is 0. The zero-order chi connectivity index (χ0) is 27.8. The second kappa shape index (κ2) is 13.3. The zero-order valence-corrected chi connectivity index (χ0v) is 23.6. The van der Waals surface area contributed by atoms with E-state index in [0.29, 0.717) is 17.9 Å². The highest BCUT2D eigenvalue weighted by atomic mass is 32.2. The third-order valence-electron chi connectivity index (χ3n) is 6.18. The normalized spacial score (nSPS) is 12.8. The SMILES string of the molecule is CC[C@@H](C)NC(=O)[C@@H](CC)N(Cc1ccc(OC)cc1)C(=O)CN(c1cc(C)ccc1OC)S(C)(=O)=O. The van der Waals surface area contributed by atoms with Gasteiger partial charge in [0.2, 0.25) is 21.8 Å². The average molecular weight is 534 g/mol. The third-order valence-corrected chi connectivity index (χ3v) is 7.31. The predicted molar refractivity (Wildman–Crippen MR) is 145 cm³/mol. The Bertz CT molecular complexity index is 1170. The number of methoxy groups -OCH3 is 2. The molecule has 2 aromatic carbocycles. The van der Waals surface area contributed by atoms with Gasteiger partial charge in [0.05, 0.1) is 26.2 Å². The van der Waals surface area contributed by atoms with Crippen LogP contribution in [0.1, 0.15) is 44.7 Å². The Hall–Kier alpha value is -3.27. The lowest BCUT2D eigenvalue weighted by atomic mass is 10.1. The van der Waals surface area contributed by atoms with E-state index in [1.54, 1.807) is 37.4 Å². The van der Waals surface area contributed by atoms with Crippen LogP contribution in [0.4, 0.5) is 5.69 Å². The smallest absolute Gasteiger partial charge is 0.244 e. The van der Waals surface area contributed by atoms with Crippen molar-refractivity contribution in [1.29, 1.82) is 0 Å². The third kappa shape index (κ3) is 8.11. The molecule has 0 radical (unpaired) electrons. The molecular formula is C27H39N3O6S. The Morgan fingerprint density at radius 2 is 1.65 bits per heavy atom. The lowest BCUT2D eigenvalue weighted by molar-refractivity contribution is -0.140. The van der Waals surface area contributed by atoms with Gasteiger partial charge in [-0.15, -0.1) is 0 Å². The molecule has 0 heterocycles. The van der Waals surface area contributed by atoms with E-state index in [9.17, 15) is 18.0 Å². The molecule has 9 nitrogen and oxygen atoms in total. The fourth-order valence-corrected chi connectivity index (χ4v) is 4.72. The van der Waals surface area contributed by atoms with Crippen molar-refractivity contribution in [3.05, 3.63) is 53.6 Å². The van der Waals surface area contributed by atoms with Crippen LogP contribution in [0, 0.1) is 6.92 Å². The van der Waals surface area contributed by atoms with Crippen molar-refractivity contribution in [2.75, 3.05) is 31.3 Å². The molecule has 1 N–H and O–H groups in total. The lowest BCUT2D eigenvalue weighted by Crippen LogP contribution is -2.53.